The lowest BCUT2D eigenvalue weighted by Crippen LogP contribution is -2.25. The van der Waals surface area contributed by atoms with Crippen molar-refractivity contribution < 1.29 is 9.18 Å². The Kier molecular flexibility index (Phi) is 4.06. The normalized spacial score (nSPS) is 10.8. The Morgan fingerprint density at radius 2 is 1.95 bits per heavy atom. The zero-order valence-electron chi connectivity index (χ0n) is 11.6. The largest absolute Gasteiger partial charge is 0.352 e. The number of carbonyl (C=O) groups is 1. The van der Waals surface area contributed by atoms with Crippen molar-refractivity contribution in [2.75, 3.05) is 6.54 Å². The molecule has 0 saturated heterocycles. The maximum atomic E-state index is 13.1. The molecular formula is C16H13ClFN3O. The second kappa shape index (κ2) is 6.15. The smallest absolute Gasteiger partial charge is 0.251 e. The van der Waals surface area contributed by atoms with Crippen molar-refractivity contribution in [3.8, 4) is 0 Å². The van der Waals surface area contributed by atoms with Crippen molar-refractivity contribution in [1.82, 2.24) is 14.7 Å². The number of pyridine rings is 1. The predicted molar refractivity (Wildman–Crippen MR) is 82.6 cm³/mol. The maximum Gasteiger partial charge on any atom is 0.251 e. The van der Waals surface area contributed by atoms with Gasteiger partial charge in [-0.25, -0.2) is 9.37 Å². The van der Waals surface area contributed by atoms with Crippen LogP contribution in [0.1, 0.15) is 16.1 Å². The van der Waals surface area contributed by atoms with E-state index in [2.05, 4.69) is 10.3 Å². The topological polar surface area (TPSA) is 46.4 Å². The van der Waals surface area contributed by atoms with Crippen LogP contribution in [0.15, 0.2) is 48.8 Å². The van der Waals surface area contributed by atoms with Gasteiger partial charge in [0, 0.05) is 35.9 Å². The van der Waals surface area contributed by atoms with Gasteiger partial charge in [0.2, 0.25) is 0 Å². The van der Waals surface area contributed by atoms with Gasteiger partial charge in [0.15, 0.2) is 0 Å². The number of amides is 1. The summed E-state index contributed by atoms with van der Waals surface area (Å²) in [5.74, 6) is -0.473. The van der Waals surface area contributed by atoms with Gasteiger partial charge in [0.25, 0.3) is 5.91 Å². The summed E-state index contributed by atoms with van der Waals surface area (Å²) in [7, 11) is 0. The first kappa shape index (κ1) is 14.5. The van der Waals surface area contributed by atoms with E-state index in [1.165, 1.54) is 12.3 Å². The van der Waals surface area contributed by atoms with Crippen LogP contribution in [0.4, 0.5) is 4.39 Å². The molecule has 0 aliphatic carbocycles. The number of halogens is 2. The summed E-state index contributed by atoms with van der Waals surface area (Å²) >= 11 is 5.78. The number of aromatic nitrogens is 2. The molecule has 22 heavy (non-hydrogen) atoms. The highest BCUT2D eigenvalue weighted by atomic mass is 35.5. The first-order chi connectivity index (χ1) is 10.6. The van der Waals surface area contributed by atoms with Gasteiger partial charge >= 0.3 is 0 Å². The number of carbonyl (C=O) groups excluding carboxylic acids is 1. The van der Waals surface area contributed by atoms with E-state index < -0.39 is 0 Å². The Labute approximate surface area is 131 Å². The fourth-order valence-corrected chi connectivity index (χ4v) is 2.27. The van der Waals surface area contributed by atoms with Gasteiger partial charge in [-0.15, -0.1) is 0 Å². The Morgan fingerprint density at radius 1 is 1.18 bits per heavy atom. The number of hydrogen-bond acceptors (Lipinski definition) is 2. The van der Waals surface area contributed by atoms with E-state index in [1.807, 2.05) is 0 Å². The lowest BCUT2D eigenvalue weighted by Gasteiger charge is -2.03. The second-order valence-corrected chi connectivity index (χ2v) is 5.29. The molecule has 6 heteroatoms. The van der Waals surface area contributed by atoms with Crippen molar-refractivity contribution in [2.24, 2.45) is 0 Å². The Hall–Kier alpha value is -2.40. The maximum absolute atomic E-state index is 13.1. The minimum absolute atomic E-state index is 0.161. The number of imidazole rings is 1. The molecule has 2 heterocycles. The molecule has 0 unspecified atom stereocenters. The molecule has 0 fully saturated rings. The lowest BCUT2D eigenvalue weighted by atomic mass is 10.2. The van der Waals surface area contributed by atoms with Crippen molar-refractivity contribution in [3.05, 3.63) is 70.9 Å². The highest BCUT2D eigenvalue weighted by Gasteiger charge is 2.06. The second-order valence-electron chi connectivity index (χ2n) is 4.86. The zero-order valence-corrected chi connectivity index (χ0v) is 12.3. The Balaban J connectivity index is 1.59. The van der Waals surface area contributed by atoms with Crippen LogP contribution in [0, 0.1) is 5.82 Å². The molecule has 0 aliphatic rings. The third-order valence-electron chi connectivity index (χ3n) is 3.24. The van der Waals surface area contributed by atoms with Crippen molar-refractivity contribution >= 4 is 23.2 Å². The SMILES string of the molecule is O=C(NCCc1cn2cc(F)ccc2n1)c1ccc(Cl)cc1. The number of fused-ring (bicyclic) bond motifs is 1. The van der Waals surface area contributed by atoms with Gasteiger partial charge in [-0.1, -0.05) is 11.6 Å². The molecule has 1 aromatic carbocycles. The number of hydrogen-bond donors (Lipinski definition) is 1. The zero-order chi connectivity index (χ0) is 15.5. The van der Waals surface area contributed by atoms with Crippen LogP contribution >= 0.6 is 11.6 Å². The highest BCUT2D eigenvalue weighted by Crippen LogP contribution is 2.10. The van der Waals surface area contributed by atoms with E-state index in [9.17, 15) is 9.18 Å². The summed E-state index contributed by atoms with van der Waals surface area (Å²) in [4.78, 5) is 16.3. The lowest BCUT2D eigenvalue weighted by molar-refractivity contribution is 0.0954. The molecule has 0 aliphatic heterocycles. The van der Waals surface area contributed by atoms with E-state index in [0.29, 0.717) is 29.2 Å². The van der Waals surface area contributed by atoms with E-state index in [1.54, 1.807) is 40.9 Å². The summed E-state index contributed by atoms with van der Waals surface area (Å²) in [6, 6.07) is 9.68. The van der Waals surface area contributed by atoms with Crippen molar-refractivity contribution in [2.45, 2.75) is 6.42 Å². The fraction of sp³-hybridized carbons (Fsp3) is 0.125. The molecule has 0 bridgehead atoms. The minimum Gasteiger partial charge on any atom is -0.352 e. The molecule has 0 spiro atoms. The molecule has 1 amide bonds. The molecular weight excluding hydrogens is 305 g/mol. The summed E-state index contributed by atoms with van der Waals surface area (Å²) in [5, 5.41) is 3.41. The molecule has 0 radical (unpaired) electrons. The van der Waals surface area contributed by atoms with Crippen LogP contribution in [0.25, 0.3) is 5.65 Å². The van der Waals surface area contributed by atoms with Crippen LogP contribution in [0.2, 0.25) is 5.02 Å². The van der Waals surface area contributed by atoms with E-state index >= 15 is 0 Å². The number of benzene rings is 1. The van der Waals surface area contributed by atoms with Crippen LogP contribution < -0.4 is 5.32 Å². The molecule has 112 valence electrons. The van der Waals surface area contributed by atoms with Gasteiger partial charge in [-0.05, 0) is 36.4 Å². The number of rotatable bonds is 4. The first-order valence-electron chi connectivity index (χ1n) is 6.79. The molecule has 3 rings (SSSR count). The van der Waals surface area contributed by atoms with Gasteiger partial charge in [0.05, 0.1) is 5.69 Å². The van der Waals surface area contributed by atoms with E-state index in [4.69, 9.17) is 11.6 Å². The molecule has 4 nitrogen and oxygen atoms in total. The summed E-state index contributed by atoms with van der Waals surface area (Å²) in [6.07, 6.45) is 3.70. The van der Waals surface area contributed by atoms with Crippen LogP contribution in [-0.2, 0) is 6.42 Å². The van der Waals surface area contributed by atoms with Gasteiger partial charge in [-0.3, -0.25) is 4.79 Å². The quantitative estimate of drug-likeness (QED) is 0.803. The third-order valence-corrected chi connectivity index (χ3v) is 3.49. The van der Waals surface area contributed by atoms with Gasteiger partial charge in [-0.2, -0.15) is 0 Å². The Bertz CT molecular complexity index is 814. The molecule has 0 saturated carbocycles. The molecule has 2 aromatic heterocycles. The predicted octanol–water partition coefficient (Wildman–Crippen LogP) is 3.10. The average Bonchev–Trinajstić information content (AvgIpc) is 2.89. The van der Waals surface area contributed by atoms with Crippen LogP contribution in [0.3, 0.4) is 0 Å². The third kappa shape index (κ3) is 3.26. The van der Waals surface area contributed by atoms with Crippen LogP contribution in [0.5, 0.6) is 0 Å². The van der Waals surface area contributed by atoms with Crippen molar-refractivity contribution in [3.63, 3.8) is 0 Å². The summed E-state index contributed by atoms with van der Waals surface area (Å²) in [5.41, 5.74) is 2.03. The average molecular weight is 318 g/mol. The van der Waals surface area contributed by atoms with E-state index in [-0.39, 0.29) is 11.7 Å². The van der Waals surface area contributed by atoms with E-state index in [0.717, 1.165) is 5.69 Å². The number of nitrogens with one attached hydrogen (secondary N) is 1. The first-order valence-corrected chi connectivity index (χ1v) is 7.16. The molecule has 0 atom stereocenters. The Morgan fingerprint density at radius 3 is 2.73 bits per heavy atom. The number of nitrogens with zero attached hydrogens (tertiary/aromatic N) is 2. The molecule has 1 N–H and O–H groups in total. The van der Waals surface area contributed by atoms with Crippen molar-refractivity contribution in [1.29, 1.82) is 0 Å². The monoisotopic (exact) mass is 317 g/mol. The fourth-order valence-electron chi connectivity index (χ4n) is 2.15. The highest BCUT2D eigenvalue weighted by molar-refractivity contribution is 6.30. The summed E-state index contributed by atoms with van der Waals surface area (Å²) < 4.78 is 14.7. The molecule has 3 aromatic rings. The minimum atomic E-state index is -0.313. The van der Waals surface area contributed by atoms with Gasteiger partial charge in [0.1, 0.15) is 11.5 Å². The van der Waals surface area contributed by atoms with Gasteiger partial charge < -0.3 is 9.72 Å². The summed E-state index contributed by atoms with van der Waals surface area (Å²) in [6.45, 7) is 0.452. The van der Waals surface area contributed by atoms with Crippen LogP contribution in [-0.4, -0.2) is 21.8 Å². The standard InChI is InChI=1S/C16H13ClFN3O/c17-12-3-1-11(2-4-12)16(22)19-8-7-14-10-21-9-13(18)5-6-15(21)20-14/h1-6,9-10H,7-8H2,(H,19,22).